The zero-order chi connectivity index (χ0) is 42.5. The van der Waals surface area contributed by atoms with E-state index in [0.29, 0.717) is 35.9 Å². The molecule has 4 heterocycles. The smallest absolute Gasteiger partial charge is 1.00 e. The molecule has 0 saturated heterocycles. The summed E-state index contributed by atoms with van der Waals surface area (Å²) in [5.41, 5.74) is 9.35. The molecular formula is C48H61BrMgN6O4. The average Bonchev–Trinajstić information content (AvgIpc) is 4.08. The SMILES string of the molecule is CC(=O)c1ccc(C)c(-c2ccc3c(n2)n(C)c(=O)n3CC(C)(C)C)c1.Cc1ccc(C(C)(O)C2CC2)cc1-c1ccc2c(n1)n(C)c(=O)n2CC(C)(C)C.[Br-].[CH-]1CC1.[Mg+2]. The minimum atomic E-state index is -0.810. The number of hydrogen-bond donors (Lipinski definition) is 1. The number of nitrogens with zero attached hydrogens (tertiary/aromatic N) is 6. The number of imidazole rings is 2. The second-order valence-electron chi connectivity index (χ2n) is 19.0. The van der Waals surface area contributed by atoms with Crippen LogP contribution in [0.1, 0.15) is 108 Å². The molecule has 2 aliphatic rings. The molecule has 0 spiro atoms. The first-order valence-electron chi connectivity index (χ1n) is 20.5. The van der Waals surface area contributed by atoms with Crippen LogP contribution in [0.25, 0.3) is 44.8 Å². The summed E-state index contributed by atoms with van der Waals surface area (Å²) in [6.45, 7) is 21.5. The van der Waals surface area contributed by atoms with Crippen LogP contribution in [0, 0.1) is 37.0 Å². The minimum Gasteiger partial charge on any atom is -1.00 e. The Hall–Kier alpha value is -3.84. The van der Waals surface area contributed by atoms with Crippen LogP contribution < -0.4 is 28.4 Å². The van der Waals surface area contributed by atoms with E-state index in [1.54, 1.807) is 34.7 Å². The summed E-state index contributed by atoms with van der Waals surface area (Å²) in [6.07, 6.45) is 7.15. The first-order chi connectivity index (χ1) is 27.1. The van der Waals surface area contributed by atoms with Crippen LogP contribution in [0.2, 0.25) is 0 Å². The van der Waals surface area contributed by atoms with Gasteiger partial charge in [-0.1, -0.05) is 65.8 Å². The number of carbonyl (C=O) groups is 1. The summed E-state index contributed by atoms with van der Waals surface area (Å²) < 4.78 is 6.82. The Morgan fingerprint density at radius 3 is 1.52 bits per heavy atom. The van der Waals surface area contributed by atoms with E-state index < -0.39 is 5.60 Å². The molecule has 0 bridgehead atoms. The maximum Gasteiger partial charge on any atom is 2.00 e. The Kier molecular flexibility index (Phi) is 15.2. The Morgan fingerprint density at radius 2 is 1.13 bits per heavy atom. The number of aliphatic hydroxyl groups is 1. The van der Waals surface area contributed by atoms with Crippen molar-refractivity contribution in [2.75, 3.05) is 0 Å². The molecule has 316 valence electrons. The molecule has 2 aliphatic carbocycles. The van der Waals surface area contributed by atoms with Gasteiger partial charge in [0.2, 0.25) is 0 Å². The predicted octanol–water partition coefficient (Wildman–Crippen LogP) is 5.94. The molecule has 6 aromatic rings. The minimum absolute atomic E-state index is 0. The first kappa shape index (κ1) is 48.8. The number of ketones is 1. The van der Waals surface area contributed by atoms with Crippen LogP contribution in [0.3, 0.4) is 0 Å². The second kappa shape index (κ2) is 18.6. The summed E-state index contributed by atoms with van der Waals surface area (Å²) in [4.78, 5) is 46.8. The van der Waals surface area contributed by atoms with E-state index in [1.165, 1.54) is 12.8 Å². The third-order valence-corrected chi connectivity index (χ3v) is 10.9. The van der Waals surface area contributed by atoms with E-state index in [-0.39, 0.29) is 68.0 Å². The molecule has 0 amide bonds. The van der Waals surface area contributed by atoms with E-state index in [4.69, 9.17) is 9.97 Å². The normalized spacial score (nSPS) is 14.6. The second-order valence-corrected chi connectivity index (χ2v) is 19.0. The van der Waals surface area contributed by atoms with Crippen molar-refractivity contribution in [3.63, 3.8) is 0 Å². The Labute approximate surface area is 381 Å². The number of aryl methyl sites for hydroxylation is 4. The van der Waals surface area contributed by atoms with E-state index in [1.807, 2.05) is 66.9 Å². The summed E-state index contributed by atoms with van der Waals surface area (Å²) >= 11 is 0. The van der Waals surface area contributed by atoms with Crippen molar-refractivity contribution >= 4 is 51.2 Å². The molecule has 2 aromatic carbocycles. The zero-order valence-corrected chi connectivity index (χ0v) is 40.6. The standard InChI is InChI=1S/C24H31N3O2.C21H25N3O2.C3H5.BrH.Mg/c1-15-7-8-17(24(5,29)16-9-10-16)13-18(15)19-11-12-20-21(25-19)26(6)22(28)27(20)14-23(2,3)4;1-13-7-8-15(14(2)25)11-16(13)17-9-10-18-19(22-17)23(6)20(26)24(18)12-21(3,4)5;1-2-3-1;;/h7-8,11-13,16,29H,9-10,14H2,1-6H3;7-11H,12H2,1-6H3;1H,2-3H2;1H;/q;;-1;;+2/p-1. The van der Waals surface area contributed by atoms with Gasteiger partial charge in [-0.05, 0) is 110 Å². The topological polar surface area (TPSA) is 117 Å². The third-order valence-electron chi connectivity index (χ3n) is 10.9. The first-order valence-corrected chi connectivity index (χ1v) is 20.5. The molecule has 10 nitrogen and oxygen atoms in total. The number of carbonyl (C=O) groups excluding carboxylic acids is 1. The van der Waals surface area contributed by atoms with Crippen molar-refractivity contribution < 1.29 is 26.9 Å². The van der Waals surface area contributed by atoms with Gasteiger partial charge in [-0.3, -0.25) is 23.1 Å². The van der Waals surface area contributed by atoms with Gasteiger partial charge < -0.3 is 28.5 Å². The van der Waals surface area contributed by atoms with Gasteiger partial charge >= 0.3 is 34.4 Å². The number of Topliss-reactive ketones (excluding diaryl/α,β-unsaturated/α-hetero) is 1. The molecule has 4 aromatic heterocycles. The number of aromatic nitrogens is 6. The van der Waals surface area contributed by atoms with Crippen LogP contribution in [0.15, 0.2) is 70.3 Å². The van der Waals surface area contributed by atoms with E-state index in [9.17, 15) is 19.5 Å². The Balaban J connectivity index is 0.000000240. The van der Waals surface area contributed by atoms with Crippen molar-refractivity contribution in [1.29, 1.82) is 0 Å². The van der Waals surface area contributed by atoms with Crippen molar-refractivity contribution in [3.8, 4) is 22.5 Å². The fourth-order valence-corrected chi connectivity index (χ4v) is 7.31. The maximum absolute atomic E-state index is 12.8. The molecule has 1 atom stereocenters. The number of halogens is 1. The van der Waals surface area contributed by atoms with Crippen molar-refractivity contribution in [2.45, 2.75) is 114 Å². The molecule has 2 saturated carbocycles. The van der Waals surface area contributed by atoms with Crippen LogP contribution in [-0.4, -0.2) is 62.2 Å². The Bertz CT molecular complexity index is 2630. The van der Waals surface area contributed by atoms with Gasteiger partial charge in [0.25, 0.3) is 0 Å². The molecule has 12 heteroatoms. The summed E-state index contributed by atoms with van der Waals surface area (Å²) in [5, 5.41) is 11.0. The van der Waals surface area contributed by atoms with Gasteiger partial charge in [0.15, 0.2) is 17.1 Å². The van der Waals surface area contributed by atoms with Crippen LogP contribution in [0.5, 0.6) is 0 Å². The zero-order valence-electron chi connectivity index (χ0n) is 37.6. The monoisotopic (exact) mass is 888 g/mol. The molecule has 8 rings (SSSR count). The van der Waals surface area contributed by atoms with E-state index in [0.717, 1.165) is 63.1 Å². The average molecular weight is 890 g/mol. The predicted molar refractivity (Wildman–Crippen MR) is 241 cm³/mol. The number of benzene rings is 2. The number of hydrogen-bond acceptors (Lipinski definition) is 6. The molecule has 2 fully saturated rings. The van der Waals surface area contributed by atoms with Crippen LogP contribution in [0.4, 0.5) is 0 Å². The van der Waals surface area contributed by atoms with Gasteiger partial charge in [0, 0.05) is 43.9 Å². The van der Waals surface area contributed by atoms with Gasteiger partial charge in [-0.15, -0.1) is 0 Å². The quantitative estimate of drug-likeness (QED) is 0.121. The third kappa shape index (κ3) is 11.0. The molecular weight excluding hydrogens is 829 g/mol. The Morgan fingerprint density at radius 1 is 0.717 bits per heavy atom. The molecule has 60 heavy (non-hydrogen) atoms. The van der Waals surface area contributed by atoms with Crippen LogP contribution in [-0.2, 0) is 32.8 Å². The van der Waals surface area contributed by atoms with Crippen molar-refractivity contribution in [1.82, 2.24) is 28.2 Å². The number of pyridine rings is 2. The summed E-state index contributed by atoms with van der Waals surface area (Å²) in [6, 6.07) is 19.6. The summed E-state index contributed by atoms with van der Waals surface area (Å²) in [5.74, 6) is 0.358. The molecule has 0 radical (unpaired) electrons. The fraction of sp³-hybridized carbons (Fsp3) is 0.458. The van der Waals surface area contributed by atoms with Gasteiger partial charge in [-0.25, -0.2) is 32.4 Å². The van der Waals surface area contributed by atoms with Gasteiger partial charge in [0.1, 0.15) is 0 Å². The fourth-order valence-electron chi connectivity index (χ4n) is 7.31. The van der Waals surface area contributed by atoms with E-state index >= 15 is 0 Å². The molecule has 0 aliphatic heterocycles. The molecule has 1 unspecified atom stereocenters. The van der Waals surface area contributed by atoms with Crippen LogP contribution >= 0.6 is 0 Å². The van der Waals surface area contributed by atoms with Gasteiger partial charge in [-0.2, -0.15) is 0 Å². The molecule has 1 N–H and O–H groups in total. The number of rotatable bonds is 7. The van der Waals surface area contributed by atoms with Crippen molar-refractivity contribution in [2.24, 2.45) is 30.8 Å². The van der Waals surface area contributed by atoms with Gasteiger partial charge in [0.05, 0.1) is 28.0 Å². The maximum atomic E-state index is 12.8. The van der Waals surface area contributed by atoms with Crippen molar-refractivity contribution in [3.05, 3.63) is 110 Å². The van der Waals surface area contributed by atoms with E-state index in [2.05, 4.69) is 67.0 Å². The largest absolute Gasteiger partial charge is 2.00 e. The summed E-state index contributed by atoms with van der Waals surface area (Å²) in [7, 11) is 3.53. The number of fused-ring (bicyclic) bond motifs is 2.